The number of methoxy groups -OCH3 is 2. The van der Waals surface area contributed by atoms with Gasteiger partial charge in [-0.1, -0.05) is 12.1 Å². The number of pyridine rings is 1. The van der Waals surface area contributed by atoms with E-state index in [9.17, 15) is 0 Å². The number of nitrogens with one attached hydrogen (secondary N) is 2. The maximum absolute atomic E-state index is 5.39. The first kappa shape index (κ1) is 21.7. The van der Waals surface area contributed by atoms with Crippen molar-refractivity contribution in [3.63, 3.8) is 0 Å². The molecule has 0 aliphatic heterocycles. The molecule has 0 radical (unpaired) electrons. The van der Waals surface area contributed by atoms with Crippen molar-refractivity contribution in [3.05, 3.63) is 83.9 Å². The molecule has 0 amide bonds. The largest absolute Gasteiger partial charge is 0.497 e. The Balaban J connectivity index is 1.37. The van der Waals surface area contributed by atoms with Gasteiger partial charge in [-0.2, -0.15) is 0 Å². The number of furan rings is 1. The molecule has 0 unspecified atom stereocenters. The Bertz CT molecular complexity index is 1120. The zero-order valence-electron chi connectivity index (χ0n) is 18.6. The molecule has 2 aromatic heterocycles. The van der Waals surface area contributed by atoms with E-state index >= 15 is 0 Å². The van der Waals surface area contributed by atoms with Crippen LogP contribution < -0.4 is 20.1 Å². The average molecular weight is 432 g/mol. The van der Waals surface area contributed by atoms with E-state index in [2.05, 4.69) is 33.8 Å². The zero-order chi connectivity index (χ0) is 22.2. The molecule has 0 saturated heterocycles. The third-order valence-electron chi connectivity index (χ3n) is 5.35. The molecule has 0 spiro atoms. The van der Waals surface area contributed by atoms with Crippen molar-refractivity contribution in [2.24, 2.45) is 0 Å². The summed E-state index contributed by atoms with van der Waals surface area (Å²) in [6.45, 7) is 2.56. The van der Waals surface area contributed by atoms with Gasteiger partial charge in [0.1, 0.15) is 17.3 Å². The summed E-state index contributed by atoms with van der Waals surface area (Å²) in [7, 11) is 3.34. The molecular weight excluding hydrogens is 402 g/mol. The van der Waals surface area contributed by atoms with Gasteiger partial charge in [0.15, 0.2) is 0 Å². The number of rotatable bonds is 11. The third-order valence-corrected chi connectivity index (χ3v) is 5.35. The van der Waals surface area contributed by atoms with E-state index in [1.165, 1.54) is 5.56 Å². The first-order valence-electron chi connectivity index (χ1n) is 10.8. The SMILES string of the molecule is COc1cc(Cc2ccc3c(NCCCNCc4ccco4)ccnc3c2)cc(OC)c1. The quantitative estimate of drug-likeness (QED) is 0.325. The molecule has 6 nitrogen and oxygen atoms in total. The highest BCUT2D eigenvalue weighted by molar-refractivity contribution is 5.91. The Hall–Kier alpha value is -3.51. The van der Waals surface area contributed by atoms with Crippen LogP contribution in [0.4, 0.5) is 5.69 Å². The van der Waals surface area contributed by atoms with Gasteiger partial charge in [0.05, 0.1) is 32.5 Å². The minimum Gasteiger partial charge on any atom is -0.497 e. The summed E-state index contributed by atoms with van der Waals surface area (Å²) >= 11 is 0. The minimum atomic E-state index is 0.757. The number of hydrogen-bond donors (Lipinski definition) is 2. The van der Waals surface area contributed by atoms with Gasteiger partial charge in [-0.15, -0.1) is 0 Å². The number of hydrogen-bond acceptors (Lipinski definition) is 6. The van der Waals surface area contributed by atoms with E-state index in [1.807, 2.05) is 42.6 Å². The second-order valence-electron chi connectivity index (χ2n) is 7.64. The maximum atomic E-state index is 5.39. The molecule has 0 aliphatic carbocycles. The first-order chi connectivity index (χ1) is 15.7. The van der Waals surface area contributed by atoms with Gasteiger partial charge in [0.25, 0.3) is 0 Å². The van der Waals surface area contributed by atoms with Crippen molar-refractivity contribution < 1.29 is 13.9 Å². The highest BCUT2D eigenvalue weighted by atomic mass is 16.5. The Kier molecular flexibility index (Phi) is 7.25. The summed E-state index contributed by atoms with van der Waals surface area (Å²) in [5, 5.41) is 8.07. The summed E-state index contributed by atoms with van der Waals surface area (Å²) in [5.41, 5.74) is 4.42. The normalized spacial score (nSPS) is 10.9. The van der Waals surface area contributed by atoms with Crippen LogP contribution in [0.3, 0.4) is 0 Å². The van der Waals surface area contributed by atoms with E-state index < -0.39 is 0 Å². The van der Waals surface area contributed by atoms with Crippen LogP contribution in [0.25, 0.3) is 10.9 Å². The predicted octanol–water partition coefficient (Wildman–Crippen LogP) is 5.03. The number of benzene rings is 2. The standard InChI is InChI=1S/C26H29N3O3/c1-30-22-14-20(15-23(17-22)31-2)13-19-6-7-24-25(8-11-29-26(24)16-19)28-10-4-9-27-18-21-5-3-12-32-21/h3,5-8,11-12,14-17,27H,4,9-10,13,18H2,1-2H3,(H,28,29). The fraction of sp³-hybridized carbons (Fsp3) is 0.269. The molecule has 0 saturated carbocycles. The van der Waals surface area contributed by atoms with E-state index in [0.717, 1.165) is 71.9 Å². The highest BCUT2D eigenvalue weighted by Crippen LogP contribution is 2.27. The maximum Gasteiger partial charge on any atom is 0.122 e. The zero-order valence-corrected chi connectivity index (χ0v) is 18.6. The molecular formula is C26H29N3O3. The number of nitrogens with zero attached hydrogens (tertiary/aromatic N) is 1. The fourth-order valence-electron chi connectivity index (χ4n) is 3.72. The number of fused-ring (bicyclic) bond motifs is 1. The van der Waals surface area contributed by atoms with Crippen LogP contribution in [-0.2, 0) is 13.0 Å². The second kappa shape index (κ2) is 10.7. The summed E-state index contributed by atoms with van der Waals surface area (Å²) in [6, 6.07) is 18.3. The van der Waals surface area contributed by atoms with Crippen LogP contribution in [-0.4, -0.2) is 32.3 Å². The lowest BCUT2D eigenvalue weighted by atomic mass is 10.0. The molecule has 2 aromatic carbocycles. The summed E-state index contributed by atoms with van der Waals surface area (Å²) in [6.07, 6.45) is 5.36. The summed E-state index contributed by atoms with van der Waals surface area (Å²) < 4.78 is 16.1. The van der Waals surface area contributed by atoms with Gasteiger partial charge in [-0.3, -0.25) is 4.98 Å². The van der Waals surface area contributed by atoms with E-state index in [-0.39, 0.29) is 0 Å². The number of aromatic nitrogens is 1. The van der Waals surface area contributed by atoms with Crippen molar-refractivity contribution in [2.45, 2.75) is 19.4 Å². The van der Waals surface area contributed by atoms with Crippen LogP contribution in [0.5, 0.6) is 11.5 Å². The van der Waals surface area contributed by atoms with Crippen molar-refractivity contribution in [1.29, 1.82) is 0 Å². The monoisotopic (exact) mass is 431 g/mol. The first-order valence-corrected chi connectivity index (χ1v) is 10.8. The van der Waals surface area contributed by atoms with Gasteiger partial charge in [0, 0.05) is 29.9 Å². The summed E-state index contributed by atoms with van der Waals surface area (Å²) in [5.74, 6) is 2.55. The predicted molar refractivity (Wildman–Crippen MR) is 128 cm³/mol. The second-order valence-corrected chi connectivity index (χ2v) is 7.64. The van der Waals surface area contributed by atoms with Gasteiger partial charge in [-0.05, 0) is 66.9 Å². The molecule has 2 heterocycles. The molecule has 4 rings (SSSR count). The molecule has 0 bridgehead atoms. The van der Waals surface area contributed by atoms with Gasteiger partial charge in [-0.25, -0.2) is 0 Å². The molecule has 0 aliphatic rings. The van der Waals surface area contributed by atoms with Crippen LogP contribution in [0.15, 0.2) is 71.5 Å². The van der Waals surface area contributed by atoms with Crippen molar-refractivity contribution in [1.82, 2.24) is 10.3 Å². The minimum absolute atomic E-state index is 0.757. The van der Waals surface area contributed by atoms with E-state index in [4.69, 9.17) is 13.9 Å². The molecule has 6 heteroatoms. The van der Waals surface area contributed by atoms with E-state index in [1.54, 1.807) is 20.5 Å². The Morgan fingerprint density at radius 3 is 2.50 bits per heavy atom. The highest BCUT2D eigenvalue weighted by Gasteiger charge is 2.07. The lowest BCUT2D eigenvalue weighted by molar-refractivity contribution is 0.393. The lowest BCUT2D eigenvalue weighted by Gasteiger charge is -2.12. The smallest absolute Gasteiger partial charge is 0.122 e. The van der Waals surface area contributed by atoms with E-state index in [0.29, 0.717) is 0 Å². The molecule has 0 fully saturated rings. The third kappa shape index (κ3) is 5.59. The molecule has 4 aromatic rings. The Morgan fingerprint density at radius 1 is 0.906 bits per heavy atom. The van der Waals surface area contributed by atoms with Gasteiger partial charge in [0.2, 0.25) is 0 Å². The van der Waals surface area contributed by atoms with Crippen LogP contribution in [0, 0.1) is 0 Å². The van der Waals surface area contributed by atoms with Crippen molar-refractivity contribution >= 4 is 16.6 Å². The van der Waals surface area contributed by atoms with Crippen molar-refractivity contribution in [2.75, 3.05) is 32.6 Å². The molecule has 2 N–H and O–H groups in total. The fourth-order valence-corrected chi connectivity index (χ4v) is 3.72. The lowest BCUT2D eigenvalue weighted by Crippen LogP contribution is -2.17. The van der Waals surface area contributed by atoms with Gasteiger partial charge >= 0.3 is 0 Å². The van der Waals surface area contributed by atoms with Crippen LogP contribution in [0.1, 0.15) is 23.3 Å². The number of ether oxygens (including phenoxy) is 2. The van der Waals surface area contributed by atoms with Crippen LogP contribution >= 0.6 is 0 Å². The van der Waals surface area contributed by atoms with Crippen molar-refractivity contribution in [3.8, 4) is 11.5 Å². The van der Waals surface area contributed by atoms with Crippen LogP contribution in [0.2, 0.25) is 0 Å². The van der Waals surface area contributed by atoms with Gasteiger partial charge < -0.3 is 24.5 Å². The molecule has 166 valence electrons. The molecule has 32 heavy (non-hydrogen) atoms. The number of anilines is 1. The molecule has 0 atom stereocenters. The average Bonchev–Trinajstić information content (AvgIpc) is 3.34. The Labute approximate surface area is 188 Å². The summed E-state index contributed by atoms with van der Waals surface area (Å²) in [4.78, 5) is 4.59. The Morgan fingerprint density at radius 2 is 1.75 bits per heavy atom. The topological polar surface area (TPSA) is 68.5 Å².